The van der Waals surface area contributed by atoms with E-state index in [1.54, 1.807) is 36.2 Å². The van der Waals surface area contributed by atoms with E-state index in [4.69, 9.17) is 4.98 Å². The van der Waals surface area contributed by atoms with E-state index in [2.05, 4.69) is 19.8 Å². The van der Waals surface area contributed by atoms with Gasteiger partial charge in [0.25, 0.3) is 0 Å². The Bertz CT molecular complexity index is 1650. The molecule has 0 radical (unpaired) electrons. The van der Waals surface area contributed by atoms with Crippen LogP contribution in [0.3, 0.4) is 0 Å². The highest BCUT2D eigenvalue weighted by molar-refractivity contribution is 7.89. The molecule has 2 aliphatic heterocycles. The van der Waals surface area contributed by atoms with Crippen LogP contribution in [-0.4, -0.2) is 87.0 Å². The van der Waals surface area contributed by atoms with Crippen LogP contribution in [0.5, 0.6) is 0 Å². The van der Waals surface area contributed by atoms with Crippen molar-refractivity contribution in [2.24, 2.45) is 5.92 Å². The highest BCUT2D eigenvalue weighted by Gasteiger charge is 2.35. The Kier molecular flexibility index (Phi) is 9.24. The van der Waals surface area contributed by atoms with Crippen LogP contribution in [0, 0.1) is 5.92 Å². The maximum absolute atomic E-state index is 13.3. The lowest BCUT2D eigenvalue weighted by Crippen LogP contribution is -2.52. The number of rotatable bonds is 10. The smallest absolute Gasteiger partial charge is 0.249 e. The monoisotopic (exact) mass is 657 g/mol. The number of anilines is 4. The average molecular weight is 658 g/mol. The maximum atomic E-state index is 13.3. The van der Waals surface area contributed by atoms with Gasteiger partial charge in [0.05, 0.1) is 10.6 Å². The van der Waals surface area contributed by atoms with Crippen molar-refractivity contribution >= 4 is 38.9 Å². The van der Waals surface area contributed by atoms with E-state index < -0.39 is 10.0 Å². The molecule has 3 heterocycles. The summed E-state index contributed by atoms with van der Waals surface area (Å²) >= 11 is 0. The third-order valence-corrected chi connectivity index (χ3v) is 12.0. The molecule has 3 aromatic rings. The molecule has 2 N–H and O–H groups in total. The fourth-order valence-electron chi connectivity index (χ4n) is 7.38. The Morgan fingerprint density at radius 2 is 1.55 bits per heavy atom. The number of carbonyl (C=O) groups is 1. The Balaban J connectivity index is 0.954. The van der Waals surface area contributed by atoms with E-state index in [0.717, 1.165) is 67.4 Å². The van der Waals surface area contributed by atoms with Crippen LogP contribution >= 0.6 is 0 Å². The molecule has 1 atom stereocenters. The van der Waals surface area contributed by atoms with E-state index in [-0.39, 0.29) is 22.9 Å². The number of amides is 1. The van der Waals surface area contributed by atoms with Crippen molar-refractivity contribution in [1.82, 2.24) is 19.5 Å². The first kappa shape index (κ1) is 32.1. The molecule has 2 aromatic carbocycles. The summed E-state index contributed by atoms with van der Waals surface area (Å²) in [7, 11) is -1.85. The highest BCUT2D eigenvalue weighted by atomic mass is 32.2. The minimum absolute atomic E-state index is 0.0202. The Morgan fingerprint density at radius 3 is 2.23 bits per heavy atom. The molecule has 1 saturated heterocycles. The van der Waals surface area contributed by atoms with Gasteiger partial charge in [0.2, 0.25) is 15.9 Å². The van der Waals surface area contributed by atoms with Gasteiger partial charge in [-0.3, -0.25) is 9.69 Å². The van der Waals surface area contributed by atoms with Crippen molar-refractivity contribution in [2.45, 2.75) is 75.0 Å². The lowest BCUT2D eigenvalue weighted by Gasteiger charge is -2.42. The number of benzene rings is 2. The van der Waals surface area contributed by atoms with Gasteiger partial charge in [-0.1, -0.05) is 30.3 Å². The van der Waals surface area contributed by atoms with Gasteiger partial charge in [-0.05, 0) is 93.3 Å². The van der Waals surface area contributed by atoms with Gasteiger partial charge in [0.15, 0.2) is 5.82 Å². The summed E-state index contributed by atoms with van der Waals surface area (Å²) < 4.78 is 29.6. The van der Waals surface area contributed by atoms with Gasteiger partial charge in [0, 0.05) is 64.1 Å². The van der Waals surface area contributed by atoms with Crippen LogP contribution < -0.4 is 19.8 Å². The summed E-state index contributed by atoms with van der Waals surface area (Å²) in [5.74, 6) is 2.31. The first-order chi connectivity index (χ1) is 22.7. The largest absolute Gasteiger partial charge is 0.340 e. The summed E-state index contributed by atoms with van der Waals surface area (Å²) in [6.45, 7) is 8.35. The second-order valence-electron chi connectivity index (χ2n) is 13.8. The van der Waals surface area contributed by atoms with Gasteiger partial charge in [-0.2, -0.15) is 0 Å². The van der Waals surface area contributed by atoms with Crippen molar-refractivity contribution in [2.75, 3.05) is 54.9 Å². The van der Waals surface area contributed by atoms with Crippen LogP contribution in [0.1, 0.15) is 51.0 Å². The zero-order valence-corrected chi connectivity index (χ0v) is 28.3. The van der Waals surface area contributed by atoms with E-state index in [1.165, 1.54) is 32.5 Å². The lowest BCUT2D eigenvalue weighted by molar-refractivity contribution is -0.119. The summed E-state index contributed by atoms with van der Waals surface area (Å²) in [6, 6.07) is 20.8. The van der Waals surface area contributed by atoms with Gasteiger partial charge in [-0.15, -0.1) is 0 Å². The molecule has 11 heteroatoms. The molecular weight excluding hydrogens is 611 g/mol. The summed E-state index contributed by atoms with van der Waals surface area (Å²) in [5.41, 5.74) is 2.58. The molecule has 3 fully saturated rings. The molecule has 1 amide bonds. The standard InChI is InChI=1S/C36H47N7O3S/c1-26-36(44)40(2)33-18-19-34(38-35(33)43(26)25-27-6-4-3-5-7-27)37-29-12-16-32(17-13-29)47(45,46)39-30-10-14-31(15-11-30)42-22-20-41(21-23-42)24-28-8-9-28/h3-7,12-13,16-19,26,28,30-31,39H,8-11,14-15,20-25H2,1-2H3,(H,37,38)/t26-,30-,31-/m1/s1. The van der Waals surface area contributed by atoms with Crippen LogP contribution in [-0.2, 0) is 21.4 Å². The number of fused-ring (bicyclic) bond motifs is 1. The van der Waals surface area contributed by atoms with Crippen molar-refractivity contribution in [3.05, 3.63) is 72.3 Å². The number of hydrogen-bond acceptors (Lipinski definition) is 8. The minimum Gasteiger partial charge on any atom is -0.340 e. The summed E-state index contributed by atoms with van der Waals surface area (Å²) in [4.78, 5) is 27.1. The Morgan fingerprint density at radius 1 is 0.851 bits per heavy atom. The average Bonchev–Trinajstić information content (AvgIpc) is 3.91. The zero-order chi connectivity index (χ0) is 32.5. The Hall–Kier alpha value is -3.51. The van der Waals surface area contributed by atoms with Crippen molar-refractivity contribution in [3.63, 3.8) is 0 Å². The number of likely N-dealkylation sites (N-methyl/N-ethyl adjacent to an activating group) is 1. The number of sulfonamides is 1. The second kappa shape index (κ2) is 13.5. The molecule has 47 heavy (non-hydrogen) atoms. The molecule has 2 saturated carbocycles. The number of nitrogens with zero attached hydrogens (tertiary/aromatic N) is 5. The molecule has 10 nitrogen and oxygen atoms in total. The van der Waals surface area contributed by atoms with Gasteiger partial charge < -0.3 is 20.0 Å². The summed E-state index contributed by atoms with van der Waals surface area (Å²) in [6.07, 6.45) is 6.64. The third kappa shape index (κ3) is 7.33. The molecule has 1 aromatic heterocycles. The van der Waals surface area contributed by atoms with Crippen LogP contribution in [0.4, 0.5) is 23.0 Å². The maximum Gasteiger partial charge on any atom is 0.249 e. The SMILES string of the molecule is C[C@@H]1C(=O)N(C)c2ccc(Nc3ccc(S(=O)(=O)N[C@H]4CC[C@H](N5CCN(CC6CC6)CC5)CC4)cc3)nc2N1Cc1ccccc1. The third-order valence-electron chi connectivity index (χ3n) is 10.4. The van der Waals surface area contributed by atoms with Crippen molar-refractivity contribution < 1.29 is 13.2 Å². The first-order valence-electron chi connectivity index (χ1n) is 17.2. The fraction of sp³-hybridized carbons (Fsp3) is 0.500. The second-order valence-corrected chi connectivity index (χ2v) is 15.5. The van der Waals surface area contributed by atoms with Crippen molar-refractivity contribution in [3.8, 4) is 0 Å². The van der Waals surface area contributed by atoms with Crippen molar-refractivity contribution in [1.29, 1.82) is 0 Å². The number of pyridine rings is 1. The van der Waals surface area contributed by atoms with Crippen LogP contribution in [0.15, 0.2) is 71.6 Å². The molecule has 250 valence electrons. The van der Waals surface area contributed by atoms with Crippen LogP contribution in [0.25, 0.3) is 0 Å². The normalized spacial score (nSPS) is 24.3. The number of piperazine rings is 1. The molecular formula is C36H47N7O3S. The fourth-order valence-corrected chi connectivity index (χ4v) is 8.68. The van der Waals surface area contributed by atoms with Gasteiger partial charge in [0.1, 0.15) is 11.9 Å². The molecule has 0 spiro atoms. The molecule has 4 aliphatic rings. The summed E-state index contributed by atoms with van der Waals surface area (Å²) in [5, 5.41) is 3.33. The zero-order valence-electron chi connectivity index (χ0n) is 27.5. The lowest BCUT2D eigenvalue weighted by atomic mass is 9.90. The van der Waals surface area contributed by atoms with Gasteiger partial charge >= 0.3 is 0 Å². The molecule has 0 unspecified atom stereocenters. The Labute approximate surface area is 279 Å². The highest BCUT2D eigenvalue weighted by Crippen LogP contribution is 2.36. The molecule has 7 rings (SSSR count). The first-order valence-corrected chi connectivity index (χ1v) is 18.7. The topological polar surface area (TPSA) is 101 Å². The number of nitrogens with one attached hydrogen (secondary N) is 2. The number of hydrogen-bond donors (Lipinski definition) is 2. The number of aromatic nitrogens is 1. The predicted molar refractivity (Wildman–Crippen MR) is 187 cm³/mol. The van der Waals surface area contributed by atoms with E-state index in [0.29, 0.717) is 18.4 Å². The molecule has 0 bridgehead atoms. The predicted octanol–water partition coefficient (Wildman–Crippen LogP) is 4.81. The quantitative estimate of drug-likeness (QED) is 0.321. The number of carbonyl (C=O) groups excluding carboxylic acids is 1. The minimum atomic E-state index is -3.63. The van der Waals surface area contributed by atoms with Crippen LogP contribution in [0.2, 0.25) is 0 Å². The van der Waals surface area contributed by atoms with E-state index in [9.17, 15) is 13.2 Å². The van der Waals surface area contributed by atoms with Gasteiger partial charge in [-0.25, -0.2) is 18.1 Å². The van der Waals surface area contributed by atoms with E-state index in [1.807, 2.05) is 54.3 Å². The molecule has 2 aliphatic carbocycles. The van der Waals surface area contributed by atoms with E-state index >= 15 is 0 Å².